The molecule has 0 spiro atoms. The lowest BCUT2D eigenvalue weighted by Gasteiger charge is -2.42. The molecule has 1 aromatic rings. The van der Waals surface area contributed by atoms with Crippen LogP contribution in [0.25, 0.3) is 0 Å². The van der Waals surface area contributed by atoms with Crippen LogP contribution in [-0.4, -0.2) is 37.9 Å². The molecule has 1 heterocycles. The van der Waals surface area contributed by atoms with Crippen molar-refractivity contribution in [3.05, 3.63) is 31.5 Å². The largest absolute Gasteiger partial charge is 0.336 e. The first-order valence-electron chi connectivity index (χ1n) is 16.5. The van der Waals surface area contributed by atoms with E-state index >= 15 is 0 Å². The summed E-state index contributed by atoms with van der Waals surface area (Å²) < 4.78 is 4.95. The van der Waals surface area contributed by atoms with Gasteiger partial charge in [0.05, 0.1) is 24.2 Å². The van der Waals surface area contributed by atoms with Crippen molar-refractivity contribution in [2.45, 2.75) is 174 Å². The zero-order valence-corrected chi connectivity index (χ0v) is 30.8. The van der Waals surface area contributed by atoms with E-state index in [1.807, 2.05) is 0 Å². The fourth-order valence-corrected chi connectivity index (χ4v) is 22.1. The van der Waals surface area contributed by atoms with Crippen molar-refractivity contribution in [1.82, 2.24) is 13.7 Å². The number of nitrogens with zero attached hydrogens (tertiary/aromatic N) is 3. The first-order valence-corrected chi connectivity index (χ1v) is 24.6. The van der Waals surface area contributed by atoms with Gasteiger partial charge in [0.15, 0.2) is 0 Å². The van der Waals surface area contributed by atoms with Crippen molar-refractivity contribution in [1.29, 1.82) is 0 Å². The summed E-state index contributed by atoms with van der Waals surface area (Å²) in [5.41, 5.74) is -1.21. The van der Waals surface area contributed by atoms with Crippen LogP contribution in [0.4, 0.5) is 0 Å². The lowest BCUT2D eigenvalue weighted by atomic mass is 10.4. The van der Waals surface area contributed by atoms with Crippen LogP contribution in [-0.2, 0) is 0 Å². The predicted octanol–water partition coefficient (Wildman–Crippen LogP) is 8.17. The maximum absolute atomic E-state index is 14.7. The third kappa shape index (κ3) is 6.15. The van der Waals surface area contributed by atoms with E-state index in [1.165, 1.54) is 0 Å². The van der Waals surface area contributed by atoms with E-state index in [4.69, 9.17) is 0 Å². The lowest BCUT2D eigenvalue weighted by Crippen LogP contribution is -2.64. The summed E-state index contributed by atoms with van der Waals surface area (Å²) in [6.45, 7) is 26.6. The van der Waals surface area contributed by atoms with Crippen LogP contribution in [0, 0.1) is 0 Å². The smallest absolute Gasteiger partial charge is 0.247 e. The highest BCUT2D eigenvalue weighted by Crippen LogP contribution is 2.37. The van der Waals surface area contributed by atoms with Crippen LogP contribution in [0.15, 0.2) is 14.4 Å². The van der Waals surface area contributed by atoms with Gasteiger partial charge in [0.25, 0.3) is 0 Å². The Balaban J connectivity index is 4.56. The summed E-state index contributed by atoms with van der Waals surface area (Å²) in [5.74, 6) is 0. The Kier molecular flexibility index (Phi) is 14.2. The molecular weight excluding hydrogens is 535 g/mol. The fourth-order valence-electron chi connectivity index (χ4n) is 8.43. The number of rotatable bonds is 18. The molecule has 0 fully saturated rings. The van der Waals surface area contributed by atoms with Crippen LogP contribution in [0.2, 0.25) is 54.4 Å². The standard InChI is InChI=1S/C30H63N3O3Si3/c1-13-25(37(16-4,17-5)18-6)31-28(34)32(26(14-2)38(19-7,20-8)21-9)30(36)33(29(31)35)27(15-3)39(22-10,23-11)24-12/h25-27H,13-24H2,1-12H3. The van der Waals surface area contributed by atoms with Gasteiger partial charge in [-0.1, -0.05) is 137 Å². The van der Waals surface area contributed by atoms with E-state index in [0.29, 0.717) is 0 Å². The first kappa shape index (κ1) is 36.1. The van der Waals surface area contributed by atoms with Gasteiger partial charge in [0.2, 0.25) is 0 Å². The van der Waals surface area contributed by atoms with Gasteiger partial charge in [-0.05, 0) is 19.3 Å². The van der Waals surface area contributed by atoms with Gasteiger partial charge in [0, 0.05) is 17.0 Å². The average Bonchev–Trinajstić information content (AvgIpc) is 2.97. The van der Waals surface area contributed by atoms with Crippen molar-refractivity contribution in [2.75, 3.05) is 0 Å². The van der Waals surface area contributed by atoms with E-state index in [0.717, 1.165) is 73.7 Å². The average molecular weight is 598 g/mol. The molecule has 39 heavy (non-hydrogen) atoms. The topological polar surface area (TPSA) is 66.0 Å². The minimum atomic E-state index is -1.99. The molecule has 228 valence electrons. The Morgan fingerprint density at radius 2 is 0.538 bits per heavy atom. The van der Waals surface area contributed by atoms with E-state index in [2.05, 4.69) is 83.1 Å². The van der Waals surface area contributed by atoms with Gasteiger partial charge in [-0.2, -0.15) is 0 Å². The molecule has 0 saturated carbocycles. The van der Waals surface area contributed by atoms with Crippen molar-refractivity contribution in [3.8, 4) is 0 Å². The number of aromatic nitrogens is 3. The number of hydrogen-bond donors (Lipinski definition) is 0. The molecule has 1 rings (SSSR count). The zero-order chi connectivity index (χ0) is 30.2. The Hall–Kier alpha value is -0.939. The van der Waals surface area contributed by atoms with Gasteiger partial charge in [-0.15, -0.1) is 0 Å². The maximum atomic E-state index is 14.7. The summed E-state index contributed by atoms with van der Waals surface area (Å²) in [5, 5.41) is 0. The Morgan fingerprint density at radius 1 is 0.385 bits per heavy atom. The lowest BCUT2D eigenvalue weighted by molar-refractivity contribution is 0.396. The van der Waals surface area contributed by atoms with E-state index < -0.39 is 24.2 Å². The fraction of sp³-hybridized carbons (Fsp3) is 0.900. The van der Waals surface area contributed by atoms with Crippen molar-refractivity contribution in [3.63, 3.8) is 0 Å². The number of hydrogen-bond acceptors (Lipinski definition) is 3. The minimum Gasteiger partial charge on any atom is -0.247 e. The second-order valence-corrected chi connectivity index (χ2v) is 28.5. The van der Waals surface area contributed by atoms with Crippen molar-refractivity contribution < 1.29 is 0 Å². The van der Waals surface area contributed by atoms with Gasteiger partial charge >= 0.3 is 17.1 Å². The third-order valence-corrected chi connectivity index (χ3v) is 30.7. The predicted molar refractivity (Wildman–Crippen MR) is 179 cm³/mol. The van der Waals surface area contributed by atoms with Crippen LogP contribution in [0.3, 0.4) is 0 Å². The summed E-state index contributed by atoms with van der Waals surface area (Å²) >= 11 is 0. The van der Waals surface area contributed by atoms with Gasteiger partial charge in [0.1, 0.15) is 0 Å². The molecule has 0 aliphatic heterocycles. The Morgan fingerprint density at radius 3 is 0.641 bits per heavy atom. The second kappa shape index (κ2) is 15.3. The van der Waals surface area contributed by atoms with Crippen molar-refractivity contribution in [2.24, 2.45) is 0 Å². The molecule has 3 atom stereocenters. The van der Waals surface area contributed by atoms with Gasteiger partial charge in [-0.3, -0.25) is 0 Å². The molecular formula is C30H63N3O3Si3. The van der Waals surface area contributed by atoms with E-state index in [9.17, 15) is 14.4 Å². The van der Waals surface area contributed by atoms with Crippen LogP contribution in [0.1, 0.15) is 119 Å². The highest BCUT2D eigenvalue weighted by atomic mass is 28.3. The molecule has 1 aromatic heterocycles. The molecule has 0 radical (unpaired) electrons. The first-order chi connectivity index (χ1) is 18.5. The summed E-state index contributed by atoms with van der Waals surface area (Å²) in [4.78, 5) is 44.1. The van der Waals surface area contributed by atoms with Gasteiger partial charge in [-0.25, -0.2) is 28.1 Å². The Bertz CT molecular complexity index is 878. The normalized spacial score (nSPS) is 15.4. The van der Waals surface area contributed by atoms with Crippen LogP contribution < -0.4 is 17.1 Å². The van der Waals surface area contributed by atoms with Crippen molar-refractivity contribution >= 4 is 24.2 Å². The second-order valence-electron chi connectivity index (χ2n) is 12.0. The highest BCUT2D eigenvalue weighted by Gasteiger charge is 2.45. The SMILES string of the molecule is CCC(n1c(=O)n(C(CC)[Si](CC)(CC)CC)c(=O)n(C(CC)[Si](CC)(CC)CC)c1=O)[Si](CC)(CC)CC. The van der Waals surface area contributed by atoms with Gasteiger partial charge < -0.3 is 0 Å². The highest BCUT2D eigenvalue weighted by molar-refractivity contribution is 6.81. The van der Waals surface area contributed by atoms with E-state index in [1.54, 1.807) is 13.7 Å². The summed E-state index contributed by atoms with van der Waals surface area (Å²) in [6, 6.07) is 9.31. The Labute approximate surface area is 242 Å². The van der Waals surface area contributed by atoms with E-state index in [-0.39, 0.29) is 34.1 Å². The molecule has 0 aliphatic rings. The molecule has 0 aromatic carbocycles. The molecule has 9 heteroatoms. The van der Waals surface area contributed by atoms with Crippen LogP contribution in [0.5, 0.6) is 0 Å². The van der Waals surface area contributed by atoms with Crippen LogP contribution >= 0.6 is 0 Å². The molecule has 0 amide bonds. The zero-order valence-electron chi connectivity index (χ0n) is 27.8. The summed E-state index contributed by atoms with van der Waals surface area (Å²) in [6.07, 6.45) is 2.29. The molecule has 0 saturated heterocycles. The minimum absolute atomic E-state index is 0.0903. The summed E-state index contributed by atoms with van der Waals surface area (Å²) in [7, 11) is -5.96. The molecule has 0 aliphatic carbocycles. The third-order valence-electron chi connectivity index (χ3n) is 11.8. The molecule has 3 unspecified atom stereocenters. The quantitative estimate of drug-likeness (QED) is 0.160. The molecule has 0 N–H and O–H groups in total. The molecule has 6 nitrogen and oxygen atoms in total. The molecule has 0 bridgehead atoms. The maximum Gasteiger partial charge on any atom is 0.336 e. The monoisotopic (exact) mass is 597 g/mol.